The fourth-order valence-electron chi connectivity index (χ4n) is 2.25. The van der Waals surface area contributed by atoms with Crippen LogP contribution in [0.25, 0.3) is 20.9 Å². The number of rotatable bonds is 2. The Hall–Kier alpha value is 1.04. The first-order valence-electron chi connectivity index (χ1n) is 6.71. The van der Waals surface area contributed by atoms with Gasteiger partial charge in [-0.2, -0.15) is 0 Å². The van der Waals surface area contributed by atoms with E-state index < -0.39 is 0 Å². The predicted molar refractivity (Wildman–Crippen MR) is 125 cm³/mol. The van der Waals surface area contributed by atoms with E-state index in [0.717, 1.165) is 0 Å². The highest BCUT2D eigenvalue weighted by molar-refractivity contribution is 7.19. The number of hydrogen-bond donors (Lipinski definition) is 0. The van der Waals surface area contributed by atoms with Crippen molar-refractivity contribution in [2.45, 2.75) is 0 Å². The molecule has 27 heavy (non-hydrogen) atoms. The van der Waals surface area contributed by atoms with Gasteiger partial charge < -0.3 is 0 Å². The van der Waals surface area contributed by atoms with Gasteiger partial charge in [0.2, 0.25) is 0 Å². The summed E-state index contributed by atoms with van der Waals surface area (Å²) in [5, 5.41) is 1.27. The van der Waals surface area contributed by atoms with Gasteiger partial charge in [0.1, 0.15) is 0 Å². The lowest BCUT2D eigenvalue weighted by Gasteiger charge is -2.12. The Morgan fingerprint density at radius 1 is 0.370 bits per heavy atom. The van der Waals surface area contributed by atoms with Crippen LogP contribution in [0.5, 0.6) is 0 Å². The van der Waals surface area contributed by atoms with Crippen molar-refractivity contribution >= 4 is 127 Å². The zero-order valence-electron chi connectivity index (χ0n) is 12.3. The normalized spacial score (nSPS) is 11.3. The Kier molecular flexibility index (Phi) is 7.28. The molecule has 11 heteroatoms. The van der Waals surface area contributed by atoms with Crippen LogP contribution in [0.15, 0.2) is 12.1 Å². The quantitative estimate of drug-likeness (QED) is 0.209. The predicted octanol–water partition coefficient (Wildman–Crippen LogP) is 11.6. The summed E-state index contributed by atoms with van der Waals surface area (Å²) in [5.74, 6) is 0. The second-order valence-electron chi connectivity index (χ2n) is 5.05. The molecule has 3 rings (SSSR count). The Bertz CT molecular complexity index is 944. The smallest absolute Gasteiger partial charge is 0.0809 e. The van der Waals surface area contributed by atoms with Crippen molar-refractivity contribution in [3.05, 3.63) is 62.4 Å². The Morgan fingerprint density at radius 3 is 0.852 bits per heavy atom. The van der Waals surface area contributed by atoms with E-state index in [-0.39, 0.29) is 50.2 Å². The summed E-state index contributed by atoms with van der Waals surface area (Å²) in [5.41, 5.74) is 0.875. The molecule has 0 saturated carbocycles. The van der Waals surface area contributed by atoms with Crippen LogP contribution in [-0.4, -0.2) is 0 Å². The van der Waals surface area contributed by atoms with Gasteiger partial charge in [0.15, 0.2) is 0 Å². The minimum Gasteiger partial charge on any atom is -0.135 e. The number of thiophene rings is 1. The molecule has 0 aliphatic rings. The van der Waals surface area contributed by atoms with Crippen LogP contribution >= 0.6 is 127 Å². The van der Waals surface area contributed by atoms with E-state index in [2.05, 4.69) is 0 Å². The van der Waals surface area contributed by atoms with Crippen LogP contribution in [-0.2, 0) is 0 Å². The molecule has 142 valence electrons. The average molecular weight is 581 g/mol. The van der Waals surface area contributed by atoms with E-state index in [1.54, 1.807) is 12.1 Å². The highest BCUT2D eigenvalue weighted by atomic mass is 35.5. The second kappa shape index (κ2) is 8.65. The molecule has 2 aromatic carbocycles. The van der Waals surface area contributed by atoms with Crippen LogP contribution in [0.1, 0.15) is 0 Å². The van der Waals surface area contributed by atoms with Gasteiger partial charge in [0, 0.05) is 20.9 Å². The molecule has 0 atom stereocenters. The van der Waals surface area contributed by atoms with Crippen molar-refractivity contribution < 1.29 is 0 Å². The molecular formula is C16H2Cl10S. The topological polar surface area (TPSA) is 0 Å². The molecule has 0 spiro atoms. The van der Waals surface area contributed by atoms with E-state index in [0.29, 0.717) is 20.9 Å². The molecule has 0 unspecified atom stereocenters. The molecule has 0 aliphatic carbocycles. The van der Waals surface area contributed by atoms with Crippen molar-refractivity contribution in [1.82, 2.24) is 0 Å². The summed E-state index contributed by atoms with van der Waals surface area (Å²) in [7, 11) is 0. The molecule has 0 aliphatic heterocycles. The molecule has 0 radical (unpaired) electrons. The Morgan fingerprint density at radius 2 is 0.593 bits per heavy atom. The third kappa shape index (κ3) is 3.89. The van der Waals surface area contributed by atoms with Gasteiger partial charge in [-0.05, 0) is 12.1 Å². The second-order valence-corrected chi connectivity index (χ2v) is 9.92. The molecule has 1 aromatic heterocycles. The number of benzene rings is 2. The standard InChI is InChI=1S/C16H2Cl10S/c17-7-5(8(18)12(22)15(25)11(7)21)3-1-2-4(27-3)6-9(19)13(23)16(26)14(24)10(6)20/h1-2H. The number of hydrogen-bond acceptors (Lipinski definition) is 1. The summed E-state index contributed by atoms with van der Waals surface area (Å²) in [4.78, 5) is 1.32. The first kappa shape index (κ1) is 22.7. The molecule has 0 amide bonds. The van der Waals surface area contributed by atoms with Crippen LogP contribution in [0.3, 0.4) is 0 Å². The van der Waals surface area contributed by atoms with E-state index in [9.17, 15) is 0 Å². The molecule has 0 fully saturated rings. The third-order valence-corrected chi connectivity index (χ3v) is 9.19. The lowest BCUT2D eigenvalue weighted by Crippen LogP contribution is -1.85. The summed E-state index contributed by atoms with van der Waals surface area (Å²) < 4.78 is 0. The zero-order valence-corrected chi connectivity index (χ0v) is 20.7. The maximum Gasteiger partial charge on any atom is 0.0809 e. The highest BCUT2D eigenvalue weighted by Gasteiger charge is 2.24. The molecule has 0 bridgehead atoms. The van der Waals surface area contributed by atoms with Crippen molar-refractivity contribution in [1.29, 1.82) is 0 Å². The molecule has 0 nitrogen and oxygen atoms in total. The third-order valence-electron chi connectivity index (χ3n) is 3.52. The minimum atomic E-state index is 0.0798. The van der Waals surface area contributed by atoms with Gasteiger partial charge in [0.25, 0.3) is 0 Å². The monoisotopic (exact) mass is 576 g/mol. The zero-order chi connectivity index (χ0) is 20.2. The van der Waals surface area contributed by atoms with Crippen LogP contribution in [0, 0.1) is 0 Å². The lowest BCUT2D eigenvalue weighted by molar-refractivity contribution is 1.67. The molecule has 0 saturated heterocycles. The van der Waals surface area contributed by atoms with Gasteiger partial charge >= 0.3 is 0 Å². The fourth-order valence-corrected chi connectivity index (χ4v) is 6.28. The number of halogens is 10. The fraction of sp³-hybridized carbons (Fsp3) is 0. The minimum absolute atomic E-state index is 0.0798. The van der Waals surface area contributed by atoms with Crippen molar-refractivity contribution in [3.8, 4) is 20.9 Å². The molecular weight excluding hydrogens is 579 g/mol. The summed E-state index contributed by atoms with van der Waals surface area (Å²) in [6.45, 7) is 0. The largest absolute Gasteiger partial charge is 0.135 e. The maximum absolute atomic E-state index is 6.33. The maximum atomic E-state index is 6.33. The highest BCUT2D eigenvalue weighted by Crippen LogP contribution is 2.53. The van der Waals surface area contributed by atoms with Crippen LogP contribution in [0.2, 0.25) is 50.2 Å². The first-order chi connectivity index (χ1) is 12.6. The van der Waals surface area contributed by atoms with Crippen molar-refractivity contribution in [2.24, 2.45) is 0 Å². The Balaban J connectivity index is 2.25. The van der Waals surface area contributed by atoms with Gasteiger partial charge in [-0.25, -0.2) is 0 Å². The van der Waals surface area contributed by atoms with Gasteiger partial charge in [-0.15, -0.1) is 11.3 Å². The molecule has 1 heterocycles. The van der Waals surface area contributed by atoms with E-state index >= 15 is 0 Å². The van der Waals surface area contributed by atoms with Crippen LogP contribution < -0.4 is 0 Å². The van der Waals surface area contributed by atoms with E-state index in [1.165, 1.54) is 11.3 Å². The summed E-state index contributed by atoms with van der Waals surface area (Å²) in [6, 6.07) is 3.52. The van der Waals surface area contributed by atoms with Crippen LogP contribution in [0.4, 0.5) is 0 Å². The van der Waals surface area contributed by atoms with E-state index in [1.807, 2.05) is 0 Å². The van der Waals surface area contributed by atoms with Crippen molar-refractivity contribution in [3.63, 3.8) is 0 Å². The van der Waals surface area contributed by atoms with E-state index in [4.69, 9.17) is 116 Å². The SMILES string of the molecule is Clc1c(Cl)c(Cl)c(-c2ccc(-c3c(Cl)c(Cl)c(Cl)c(Cl)c3Cl)s2)c(Cl)c1Cl. The lowest BCUT2D eigenvalue weighted by atomic mass is 10.1. The Labute approximate surface area is 208 Å². The average Bonchev–Trinajstić information content (AvgIpc) is 3.11. The van der Waals surface area contributed by atoms with Gasteiger partial charge in [-0.3, -0.25) is 0 Å². The van der Waals surface area contributed by atoms with Crippen molar-refractivity contribution in [2.75, 3.05) is 0 Å². The van der Waals surface area contributed by atoms with Gasteiger partial charge in [0.05, 0.1) is 50.2 Å². The van der Waals surface area contributed by atoms with Gasteiger partial charge in [-0.1, -0.05) is 116 Å². The molecule has 0 N–H and O–H groups in total. The first-order valence-corrected chi connectivity index (χ1v) is 11.3. The summed E-state index contributed by atoms with van der Waals surface area (Å²) in [6.07, 6.45) is 0. The molecule has 3 aromatic rings. The summed E-state index contributed by atoms with van der Waals surface area (Å²) >= 11 is 63.3.